The van der Waals surface area contributed by atoms with Gasteiger partial charge in [0.1, 0.15) is 5.41 Å². The van der Waals surface area contributed by atoms with Crippen LogP contribution in [0.1, 0.15) is 48.2 Å². The van der Waals surface area contributed by atoms with E-state index in [1.54, 1.807) is 16.7 Å². The molecule has 0 fully saturated rings. The van der Waals surface area contributed by atoms with Crippen LogP contribution in [0.2, 0.25) is 0 Å². The SMILES string of the molecule is C=C(CNC(=O)CCC12C(=O)c3ccccc3C(SCC)=C1N(C(C)=O)c1ccccc12)C(=O)OC. The summed E-state index contributed by atoms with van der Waals surface area (Å²) in [6.07, 6.45) is 0.177. The molecule has 186 valence electrons. The first-order valence-corrected chi connectivity index (χ1v) is 12.7. The first-order valence-electron chi connectivity index (χ1n) is 11.7. The highest BCUT2D eigenvalue weighted by Gasteiger charge is 2.57. The van der Waals surface area contributed by atoms with Crippen LogP contribution in [0.3, 0.4) is 0 Å². The van der Waals surface area contributed by atoms with E-state index in [1.165, 1.54) is 14.0 Å². The van der Waals surface area contributed by atoms with Gasteiger partial charge in [-0.3, -0.25) is 19.3 Å². The third-order valence-electron chi connectivity index (χ3n) is 6.56. The number of carbonyl (C=O) groups excluding carboxylic acids is 4. The van der Waals surface area contributed by atoms with Crippen molar-refractivity contribution in [3.8, 4) is 0 Å². The second-order valence-corrected chi connectivity index (χ2v) is 9.91. The molecular formula is C28H28N2O5S. The number of carbonyl (C=O) groups is 4. The van der Waals surface area contributed by atoms with Crippen molar-refractivity contribution >= 4 is 45.9 Å². The highest BCUT2D eigenvalue weighted by atomic mass is 32.2. The number of hydrogen-bond donors (Lipinski definition) is 1. The molecule has 2 amide bonds. The number of Topliss-reactive ketones (excluding diaryl/α,β-unsaturated/α-hetero) is 1. The Morgan fingerprint density at radius 1 is 1.08 bits per heavy atom. The fraction of sp³-hybridized carbons (Fsp3) is 0.286. The van der Waals surface area contributed by atoms with Crippen molar-refractivity contribution in [3.63, 3.8) is 0 Å². The van der Waals surface area contributed by atoms with Crippen LogP contribution < -0.4 is 10.2 Å². The van der Waals surface area contributed by atoms with Gasteiger partial charge in [0.05, 0.1) is 18.5 Å². The van der Waals surface area contributed by atoms with Gasteiger partial charge in [-0.25, -0.2) is 4.79 Å². The summed E-state index contributed by atoms with van der Waals surface area (Å²) in [6, 6.07) is 14.8. The summed E-state index contributed by atoms with van der Waals surface area (Å²) < 4.78 is 4.63. The number of benzene rings is 2. The largest absolute Gasteiger partial charge is 0.466 e. The van der Waals surface area contributed by atoms with Gasteiger partial charge in [0.25, 0.3) is 0 Å². The monoisotopic (exact) mass is 504 g/mol. The molecule has 0 saturated carbocycles. The Labute approximate surface area is 214 Å². The number of esters is 1. The Kier molecular flexibility index (Phi) is 7.17. The second kappa shape index (κ2) is 10.1. The third-order valence-corrected chi connectivity index (χ3v) is 7.55. The summed E-state index contributed by atoms with van der Waals surface area (Å²) in [6.45, 7) is 7.10. The maximum Gasteiger partial charge on any atom is 0.334 e. The topological polar surface area (TPSA) is 92.8 Å². The minimum absolute atomic E-state index is 0.00993. The molecule has 4 rings (SSSR count). The molecule has 36 heavy (non-hydrogen) atoms. The van der Waals surface area contributed by atoms with Crippen molar-refractivity contribution in [2.75, 3.05) is 24.3 Å². The van der Waals surface area contributed by atoms with Gasteiger partial charge in [-0.05, 0) is 23.8 Å². The molecule has 0 bridgehead atoms. The summed E-state index contributed by atoms with van der Waals surface area (Å²) in [7, 11) is 1.25. The van der Waals surface area contributed by atoms with E-state index >= 15 is 0 Å². The summed E-state index contributed by atoms with van der Waals surface area (Å²) in [5.74, 6) is -0.503. The van der Waals surface area contributed by atoms with E-state index < -0.39 is 11.4 Å². The fourth-order valence-electron chi connectivity index (χ4n) is 5.03. The van der Waals surface area contributed by atoms with E-state index in [-0.39, 0.29) is 42.6 Å². The molecule has 0 saturated heterocycles. The number of para-hydroxylation sites is 1. The van der Waals surface area contributed by atoms with E-state index in [0.717, 1.165) is 21.8 Å². The van der Waals surface area contributed by atoms with Gasteiger partial charge >= 0.3 is 5.97 Å². The van der Waals surface area contributed by atoms with Gasteiger partial charge in [0.2, 0.25) is 11.8 Å². The quantitative estimate of drug-likeness (QED) is 0.427. The first-order chi connectivity index (χ1) is 17.3. The van der Waals surface area contributed by atoms with E-state index in [0.29, 0.717) is 16.9 Å². The maximum absolute atomic E-state index is 14.3. The Balaban J connectivity index is 1.82. The van der Waals surface area contributed by atoms with Crippen molar-refractivity contribution < 1.29 is 23.9 Å². The Morgan fingerprint density at radius 2 is 1.75 bits per heavy atom. The molecule has 2 aliphatic rings. The summed E-state index contributed by atoms with van der Waals surface area (Å²) >= 11 is 1.59. The lowest BCUT2D eigenvalue weighted by atomic mass is 9.67. The molecule has 8 heteroatoms. The number of allylic oxidation sites excluding steroid dienone is 1. The van der Waals surface area contributed by atoms with E-state index in [4.69, 9.17) is 0 Å². The summed E-state index contributed by atoms with van der Waals surface area (Å²) in [5, 5.41) is 2.69. The van der Waals surface area contributed by atoms with Crippen LogP contribution in [-0.2, 0) is 24.5 Å². The van der Waals surface area contributed by atoms with Gasteiger partial charge in [0, 0.05) is 41.5 Å². The van der Waals surface area contributed by atoms with Gasteiger partial charge < -0.3 is 10.1 Å². The van der Waals surface area contributed by atoms with Gasteiger partial charge in [-0.1, -0.05) is 56.0 Å². The van der Waals surface area contributed by atoms with Crippen LogP contribution in [0.15, 0.2) is 66.4 Å². The van der Waals surface area contributed by atoms with Crippen LogP contribution in [0, 0.1) is 0 Å². The number of amides is 2. The normalized spacial score (nSPS) is 17.8. The number of hydrogen-bond acceptors (Lipinski definition) is 6. The Hall–Kier alpha value is -3.65. The van der Waals surface area contributed by atoms with Crippen molar-refractivity contribution in [2.45, 2.75) is 32.1 Å². The standard InChI is InChI=1S/C28H28N2O5S/c1-5-36-24-19-10-6-7-11-20(19)26(33)28(15-14-23(32)29-16-17(2)27(34)35-4)21-12-8-9-13-22(21)30(18(3)31)25(24)28/h6-13H,2,5,14-16H2,1,3-4H3,(H,29,32). The van der Waals surface area contributed by atoms with E-state index in [9.17, 15) is 19.2 Å². The van der Waals surface area contributed by atoms with Gasteiger partial charge in [0.15, 0.2) is 5.78 Å². The number of rotatable bonds is 8. The van der Waals surface area contributed by atoms with Crippen LogP contribution >= 0.6 is 11.8 Å². The molecule has 2 aromatic carbocycles. The smallest absolute Gasteiger partial charge is 0.334 e. The van der Waals surface area contributed by atoms with Crippen LogP contribution in [-0.4, -0.2) is 43.0 Å². The molecule has 2 aromatic rings. The molecule has 0 radical (unpaired) electrons. The van der Waals surface area contributed by atoms with E-state index in [1.807, 2.05) is 55.5 Å². The number of ketones is 1. The maximum atomic E-state index is 14.3. The Bertz CT molecular complexity index is 1310. The zero-order valence-corrected chi connectivity index (χ0v) is 21.4. The number of anilines is 1. The average Bonchev–Trinajstić information content (AvgIpc) is 3.19. The average molecular weight is 505 g/mol. The van der Waals surface area contributed by atoms with Gasteiger partial charge in [-0.2, -0.15) is 0 Å². The van der Waals surface area contributed by atoms with Gasteiger partial charge in [-0.15, -0.1) is 11.8 Å². The summed E-state index contributed by atoms with van der Waals surface area (Å²) in [4.78, 5) is 54.3. The zero-order chi connectivity index (χ0) is 26.0. The third kappa shape index (κ3) is 4.05. The van der Waals surface area contributed by atoms with Crippen LogP contribution in [0.25, 0.3) is 4.91 Å². The lowest BCUT2D eigenvalue weighted by Gasteiger charge is -2.38. The number of nitrogens with zero attached hydrogens (tertiary/aromatic N) is 1. The molecule has 0 spiro atoms. The molecule has 1 aliphatic carbocycles. The molecule has 7 nitrogen and oxygen atoms in total. The molecule has 1 heterocycles. The van der Waals surface area contributed by atoms with Crippen molar-refractivity contribution in [1.29, 1.82) is 0 Å². The summed E-state index contributed by atoms with van der Waals surface area (Å²) in [5.41, 5.74) is 2.33. The molecule has 1 unspecified atom stereocenters. The molecule has 1 N–H and O–H groups in total. The lowest BCUT2D eigenvalue weighted by Crippen LogP contribution is -2.44. The highest BCUT2D eigenvalue weighted by molar-refractivity contribution is 8.08. The van der Waals surface area contributed by atoms with Crippen molar-refractivity contribution in [3.05, 3.63) is 83.1 Å². The van der Waals surface area contributed by atoms with Crippen molar-refractivity contribution in [2.24, 2.45) is 0 Å². The minimum Gasteiger partial charge on any atom is -0.466 e. The van der Waals surface area contributed by atoms with Crippen molar-refractivity contribution in [1.82, 2.24) is 5.32 Å². The highest BCUT2D eigenvalue weighted by Crippen LogP contribution is 2.59. The number of nitrogens with one attached hydrogen (secondary N) is 1. The molecule has 0 aromatic heterocycles. The number of methoxy groups -OCH3 is 1. The lowest BCUT2D eigenvalue weighted by molar-refractivity contribution is -0.136. The zero-order valence-electron chi connectivity index (χ0n) is 20.6. The van der Waals surface area contributed by atoms with E-state index in [2.05, 4.69) is 16.6 Å². The Morgan fingerprint density at radius 3 is 2.42 bits per heavy atom. The second-order valence-electron chi connectivity index (χ2n) is 8.63. The number of thioether (sulfide) groups is 1. The van der Waals surface area contributed by atoms with Crippen LogP contribution in [0.5, 0.6) is 0 Å². The number of ether oxygens (including phenoxy) is 1. The van der Waals surface area contributed by atoms with Crippen LogP contribution in [0.4, 0.5) is 5.69 Å². The predicted octanol–water partition coefficient (Wildman–Crippen LogP) is 4.23. The first kappa shape index (κ1) is 25.4. The predicted molar refractivity (Wildman–Crippen MR) is 141 cm³/mol. The minimum atomic E-state index is -1.19. The fourth-order valence-corrected chi connectivity index (χ4v) is 6.05. The molecule has 1 atom stereocenters. The number of fused-ring (bicyclic) bond motifs is 4. The molecular weight excluding hydrogens is 476 g/mol. The molecule has 1 aliphatic heterocycles.